The quantitative estimate of drug-likeness (QED) is 0.828. The summed E-state index contributed by atoms with van der Waals surface area (Å²) in [7, 11) is 2.26. The Labute approximate surface area is 124 Å². The number of nitrogens with zero attached hydrogens (tertiary/aromatic N) is 1. The van der Waals surface area contributed by atoms with Crippen LogP contribution in [-0.4, -0.2) is 24.5 Å². The summed E-state index contributed by atoms with van der Waals surface area (Å²) < 4.78 is 0. The molecule has 2 heteroatoms. The number of benzene rings is 1. The van der Waals surface area contributed by atoms with Crippen LogP contribution >= 0.6 is 0 Å². The van der Waals surface area contributed by atoms with Crippen LogP contribution in [0.25, 0.3) is 0 Å². The highest BCUT2D eigenvalue weighted by molar-refractivity contribution is 5.31. The molecule has 2 rings (SSSR count). The van der Waals surface area contributed by atoms with Crippen molar-refractivity contribution in [2.24, 2.45) is 11.7 Å². The van der Waals surface area contributed by atoms with E-state index >= 15 is 0 Å². The normalized spacial score (nSPS) is 20.8. The van der Waals surface area contributed by atoms with E-state index in [4.69, 9.17) is 5.73 Å². The van der Waals surface area contributed by atoms with Crippen LogP contribution in [0.2, 0.25) is 0 Å². The second kappa shape index (κ2) is 7.24. The van der Waals surface area contributed by atoms with Crippen LogP contribution in [0, 0.1) is 5.92 Å². The van der Waals surface area contributed by atoms with Gasteiger partial charge in [-0.3, -0.25) is 4.90 Å². The maximum absolute atomic E-state index is 6.19. The van der Waals surface area contributed by atoms with E-state index in [2.05, 4.69) is 50.1 Å². The highest BCUT2D eigenvalue weighted by atomic mass is 15.1. The number of rotatable bonds is 5. The molecule has 2 nitrogen and oxygen atoms in total. The minimum Gasteiger partial charge on any atom is -0.327 e. The van der Waals surface area contributed by atoms with E-state index in [1.165, 1.54) is 25.7 Å². The zero-order valence-corrected chi connectivity index (χ0v) is 13.3. The van der Waals surface area contributed by atoms with Crippen molar-refractivity contribution in [3.8, 4) is 0 Å². The lowest BCUT2D eigenvalue weighted by Crippen LogP contribution is -2.33. The first-order valence-corrected chi connectivity index (χ1v) is 8.13. The number of hydrogen-bond donors (Lipinski definition) is 1. The Morgan fingerprint density at radius 3 is 2.75 bits per heavy atom. The van der Waals surface area contributed by atoms with Gasteiger partial charge in [0, 0.05) is 12.1 Å². The summed E-state index contributed by atoms with van der Waals surface area (Å²) >= 11 is 0. The summed E-state index contributed by atoms with van der Waals surface area (Å²) in [5.41, 5.74) is 9.29. The third-order valence-electron chi connectivity index (χ3n) is 4.79. The van der Waals surface area contributed by atoms with E-state index in [-0.39, 0.29) is 0 Å². The van der Waals surface area contributed by atoms with Crippen LogP contribution in [0.3, 0.4) is 0 Å². The molecule has 2 unspecified atom stereocenters. The maximum Gasteiger partial charge on any atom is 0.0347 e. The Kier molecular flexibility index (Phi) is 5.62. The van der Waals surface area contributed by atoms with Crippen molar-refractivity contribution in [2.45, 2.75) is 58.0 Å². The molecule has 2 N–H and O–H groups in total. The van der Waals surface area contributed by atoms with E-state index in [0.29, 0.717) is 18.0 Å². The Morgan fingerprint density at radius 2 is 2.00 bits per heavy atom. The number of nitrogens with two attached hydrogens (primary N) is 1. The second-order valence-corrected chi connectivity index (χ2v) is 6.64. The van der Waals surface area contributed by atoms with Crippen molar-refractivity contribution in [3.05, 3.63) is 35.4 Å². The lowest BCUT2D eigenvalue weighted by atomic mass is 9.97. The van der Waals surface area contributed by atoms with Crippen LogP contribution < -0.4 is 5.73 Å². The first-order chi connectivity index (χ1) is 9.59. The van der Waals surface area contributed by atoms with Crippen molar-refractivity contribution in [1.82, 2.24) is 4.90 Å². The molecule has 0 aliphatic heterocycles. The predicted octanol–water partition coefficient (Wildman–Crippen LogP) is 3.76. The van der Waals surface area contributed by atoms with Gasteiger partial charge in [-0.25, -0.2) is 0 Å². The molecular weight excluding hydrogens is 244 g/mol. The van der Waals surface area contributed by atoms with Gasteiger partial charge in [0.2, 0.25) is 0 Å². The lowest BCUT2D eigenvalue weighted by molar-refractivity contribution is 0.217. The molecule has 1 aromatic rings. The largest absolute Gasteiger partial charge is 0.327 e. The molecule has 0 fully saturated rings. The highest BCUT2D eigenvalue weighted by Gasteiger charge is 2.22. The van der Waals surface area contributed by atoms with Gasteiger partial charge in [0.25, 0.3) is 0 Å². The second-order valence-electron chi connectivity index (χ2n) is 6.64. The molecular formula is C18H30N2. The molecule has 2 atom stereocenters. The van der Waals surface area contributed by atoms with Crippen LogP contribution in [0.15, 0.2) is 24.3 Å². The zero-order valence-electron chi connectivity index (χ0n) is 13.3. The third-order valence-corrected chi connectivity index (χ3v) is 4.79. The first kappa shape index (κ1) is 15.5. The fraction of sp³-hybridized carbons (Fsp3) is 0.667. The molecule has 0 amide bonds. The predicted molar refractivity (Wildman–Crippen MR) is 86.8 cm³/mol. The topological polar surface area (TPSA) is 29.3 Å². The number of fused-ring (bicyclic) bond motifs is 1. The van der Waals surface area contributed by atoms with E-state index < -0.39 is 0 Å². The van der Waals surface area contributed by atoms with Crippen LogP contribution in [0.5, 0.6) is 0 Å². The van der Waals surface area contributed by atoms with E-state index in [1.807, 2.05) is 0 Å². The molecule has 1 aliphatic rings. The average molecular weight is 274 g/mol. The lowest BCUT2D eigenvalue weighted by Gasteiger charge is -2.30. The molecule has 1 aromatic carbocycles. The van der Waals surface area contributed by atoms with E-state index in [1.54, 1.807) is 11.1 Å². The van der Waals surface area contributed by atoms with Gasteiger partial charge < -0.3 is 5.73 Å². The molecule has 0 heterocycles. The average Bonchev–Trinajstić information content (AvgIpc) is 2.66. The summed E-state index contributed by atoms with van der Waals surface area (Å²) in [4.78, 5) is 2.52. The van der Waals surface area contributed by atoms with Gasteiger partial charge in [-0.1, -0.05) is 44.5 Å². The van der Waals surface area contributed by atoms with Crippen LogP contribution in [0.4, 0.5) is 0 Å². The smallest absolute Gasteiger partial charge is 0.0347 e. The molecule has 112 valence electrons. The SMILES string of the molecule is CC(C)C(N)CCN(C)C1CCCCc2ccccc21. The molecule has 0 saturated carbocycles. The minimum atomic E-state index is 0.318. The van der Waals surface area contributed by atoms with Gasteiger partial charge in [0.15, 0.2) is 0 Å². The number of hydrogen-bond acceptors (Lipinski definition) is 2. The maximum atomic E-state index is 6.19. The Morgan fingerprint density at radius 1 is 1.25 bits per heavy atom. The monoisotopic (exact) mass is 274 g/mol. The molecule has 20 heavy (non-hydrogen) atoms. The fourth-order valence-electron chi connectivity index (χ4n) is 3.20. The fourth-order valence-corrected chi connectivity index (χ4v) is 3.20. The summed E-state index contributed by atoms with van der Waals surface area (Å²) in [6.07, 6.45) is 6.27. The van der Waals surface area contributed by atoms with Crippen molar-refractivity contribution in [3.63, 3.8) is 0 Å². The van der Waals surface area contributed by atoms with Gasteiger partial charge >= 0.3 is 0 Å². The molecule has 0 saturated heterocycles. The van der Waals surface area contributed by atoms with Crippen LogP contribution in [-0.2, 0) is 6.42 Å². The molecule has 0 bridgehead atoms. The van der Waals surface area contributed by atoms with Gasteiger partial charge in [-0.05, 0) is 56.3 Å². The molecule has 0 radical (unpaired) electrons. The summed E-state index contributed by atoms with van der Waals surface area (Å²) in [6.45, 7) is 5.52. The van der Waals surface area contributed by atoms with Crippen molar-refractivity contribution >= 4 is 0 Å². The number of aryl methyl sites for hydroxylation is 1. The summed E-state index contributed by atoms with van der Waals surface area (Å²) in [5, 5.41) is 0. The van der Waals surface area contributed by atoms with Gasteiger partial charge in [-0.15, -0.1) is 0 Å². The first-order valence-electron chi connectivity index (χ1n) is 8.13. The molecule has 0 spiro atoms. The van der Waals surface area contributed by atoms with E-state index in [0.717, 1.165) is 13.0 Å². The Balaban J connectivity index is 2.04. The third kappa shape index (κ3) is 3.83. The molecule has 1 aliphatic carbocycles. The van der Waals surface area contributed by atoms with E-state index in [9.17, 15) is 0 Å². The Hall–Kier alpha value is -0.860. The summed E-state index contributed by atoms with van der Waals surface area (Å²) in [6, 6.07) is 9.89. The van der Waals surface area contributed by atoms with Gasteiger partial charge in [-0.2, -0.15) is 0 Å². The zero-order chi connectivity index (χ0) is 14.5. The highest BCUT2D eigenvalue weighted by Crippen LogP contribution is 2.32. The Bertz CT molecular complexity index is 414. The van der Waals surface area contributed by atoms with Crippen LogP contribution in [0.1, 0.15) is 56.7 Å². The summed E-state index contributed by atoms with van der Waals surface area (Å²) in [5.74, 6) is 0.574. The van der Waals surface area contributed by atoms with Crippen molar-refractivity contribution in [1.29, 1.82) is 0 Å². The van der Waals surface area contributed by atoms with Crippen molar-refractivity contribution in [2.75, 3.05) is 13.6 Å². The standard InChI is InChI=1S/C18H30N2/c1-14(2)17(19)12-13-20(3)18-11-7-5-9-15-8-4-6-10-16(15)18/h4,6,8,10,14,17-18H,5,7,9,11-13,19H2,1-3H3. The molecule has 0 aromatic heterocycles. The minimum absolute atomic E-state index is 0.318. The van der Waals surface area contributed by atoms with Gasteiger partial charge in [0.1, 0.15) is 0 Å². The van der Waals surface area contributed by atoms with Crippen molar-refractivity contribution < 1.29 is 0 Å². The van der Waals surface area contributed by atoms with Gasteiger partial charge in [0.05, 0.1) is 0 Å².